The van der Waals surface area contributed by atoms with Crippen LogP contribution in [0, 0.1) is 5.82 Å². The smallest absolute Gasteiger partial charge is 0.261 e. The van der Waals surface area contributed by atoms with Gasteiger partial charge in [0.05, 0.1) is 17.7 Å². The van der Waals surface area contributed by atoms with Gasteiger partial charge in [-0.1, -0.05) is 13.3 Å². The average molecular weight is 412 g/mol. The average Bonchev–Trinajstić information content (AvgIpc) is 2.99. The molecule has 2 aromatic rings. The highest BCUT2D eigenvalue weighted by molar-refractivity contribution is 6.22. The molecule has 1 heterocycles. The van der Waals surface area contributed by atoms with Gasteiger partial charge >= 0.3 is 0 Å². The molecule has 0 N–H and O–H groups in total. The lowest BCUT2D eigenvalue weighted by molar-refractivity contribution is 0.0652. The summed E-state index contributed by atoms with van der Waals surface area (Å²) in [6.07, 6.45) is 2.22. The first-order valence-corrected chi connectivity index (χ1v) is 10.1. The predicted molar refractivity (Wildman–Crippen MR) is 110 cm³/mol. The van der Waals surface area contributed by atoms with Crippen molar-refractivity contribution >= 4 is 17.7 Å². The van der Waals surface area contributed by atoms with Gasteiger partial charge in [-0.15, -0.1) is 0 Å². The number of benzene rings is 2. The summed E-state index contributed by atoms with van der Waals surface area (Å²) in [6.45, 7) is 3.22. The Balaban J connectivity index is 1.56. The largest absolute Gasteiger partial charge is 0.494 e. The molecule has 158 valence electrons. The van der Waals surface area contributed by atoms with Crippen molar-refractivity contribution in [2.75, 3.05) is 26.7 Å². The van der Waals surface area contributed by atoms with Gasteiger partial charge in [0, 0.05) is 25.7 Å². The van der Waals surface area contributed by atoms with Crippen LogP contribution in [-0.4, -0.2) is 54.3 Å². The van der Waals surface area contributed by atoms with Gasteiger partial charge in [-0.3, -0.25) is 19.3 Å². The van der Waals surface area contributed by atoms with E-state index in [1.54, 1.807) is 36.2 Å². The Hall–Kier alpha value is -3.22. The van der Waals surface area contributed by atoms with Crippen molar-refractivity contribution < 1.29 is 23.5 Å². The minimum Gasteiger partial charge on any atom is -0.494 e. The van der Waals surface area contributed by atoms with Crippen molar-refractivity contribution in [3.63, 3.8) is 0 Å². The van der Waals surface area contributed by atoms with E-state index in [0.717, 1.165) is 12.8 Å². The first kappa shape index (κ1) is 21.5. The number of carbonyl (C=O) groups excluding carboxylic acids is 3. The van der Waals surface area contributed by atoms with Crippen LogP contribution in [0.5, 0.6) is 5.75 Å². The summed E-state index contributed by atoms with van der Waals surface area (Å²) in [5.74, 6) is -0.621. The molecule has 1 aliphatic heterocycles. The molecule has 3 amide bonds. The highest BCUT2D eigenvalue weighted by Crippen LogP contribution is 2.25. The Bertz CT molecular complexity index is 943. The fraction of sp³-hybridized carbons (Fsp3) is 0.348. The van der Waals surface area contributed by atoms with Crippen LogP contribution in [-0.2, 0) is 0 Å². The van der Waals surface area contributed by atoms with E-state index in [0.29, 0.717) is 43.0 Å². The molecule has 0 fully saturated rings. The Morgan fingerprint density at radius 1 is 1.03 bits per heavy atom. The maximum Gasteiger partial charge on any atom is 0.261 e. The Morgan fingerprint density at radius 3 is 2.43 bits per heavy atom. The highest BCUT2D eigenvalue weighted by Gasteiger charge is 2.35. The topological polar surface area (TPSA) is 66.9 Å². The number of ether oxygens (including phenoxy) is 1. The van der Waals surface area contributed by atoms with E-state index in [9.17, 15) is 18.8 Å². The second kappa shape index (κ2) is 9.52. The van der Waals surface area contributed by atoms with Crippen LogP contribution in [0.25, 0.3) is 0 Å². The van der Waals surface area contributed by atoms with Gasteiger partial charge in [-0.25, -0.2) is 4.39 Å². The fourth-order valence-corrected chi connectivity index (χ4v) is 3.29. The van der Waals surface area contributed by atoms with Crippen LogP contribution in [0.4, 0.5) is 4.39 Å². The molecule has 30 heavy (non-hydrogen) atoms. The number of carbonyl (C=O) groups is 3. The second-order valence-electron chi connectivity index (χ2n) is 7.26. The molecule has 2 aromatic carbocycles. The minimum atomic E-state index is -0.339. The predicted octanol–water partition coefficient (Wildman–Crippen LogP) is 3.76. The molecule has 0 atom stereocenters. The minimum absolute atomic E-state index is 0.230. The number of halogens is 1. The fourth-order valence-electron chi connectivity index (χ4n) is 3.29. The van der Waals surface area contributed by atoms with Gasteiger partial charge in [0.1, 0.15) is 11.6 Å². The van der Waals surface area contributed by atoms with Crippen LogP contribution < -0.4 is 4.74 Å². The number of unbranched alkanes of at least 4 members (excludes halogenated alkanes) is 1. The van der Waals surface area contributed by atoms with Crippen LogP contribution in [0.2, 0.25) is 0 Å². The molecule has 0 spiro atoms. The zero-order chi connectivity index (χ0) is 21.7. The normalized spacial score (nSPS) is 12.8. The zero-order valence-electron chi connectivity index (χ0n) is 17.2. The van der Waals surface area contributed by atoms with Crippen LogP contribution in [0.15, 0.2) is 42.5 Å². The number of amides is 3. The van der Waals surface area contributed by atoms with E-state index in [4.69, 9.17) is 4.74 Å². The molecule has 0 radical (unpaired) electrons. The summed E-state index contributed by atoms with van der Waals surface area (Å²) in [5, 5.41) is 0. The van der Waals surface area contributed by atoms with Crippen molar-refractivity contribution in [1.29, 1.82) is 0 Å². The first-order chi connectivity index (χ1) is 14.4. The molecular weight excluding hydrogens is 387 g/mol. The van der Waals surface area contributed by atoms with Gasteiger partial charge in [-0.05, 0) is 55.3 Å². The van der Waals surface area contributed by atoms with E-state index < -0.39 is 0 Å². The maximum atomic E-state index is 12.9. The Kier molecular flexibility index (Phi) is 6.82. The molecule has 3 rings (SSSR count). The molecule has 0 saturated carbocycles. The van der Waals surface area contributed by atoms with Gasteiger partial charge in [-0.2, -0.15) is 0 Å². The van der Waals surface area contributed by atoms with Gasteiger partial charge in [0.25, 0.3) is 17.7 Å². The second-order valence-corrected chi connectivity index (χ2v) is 7.26. The summed E-state index contributed by atoms with van der Waals surface area (Å²) >= 11 is 0. The lowest BCUT2D eigenvalue weighted by Crippen LogP contribution is -2.30. The van der Waals surface area contributed by atoms with Crippen molar-refractivity contribution in [2.45, 2.75) is 26.2 Å². The molecule has 0 bridgehead atoms. The van der Waals surface area contributed by atoms with Crippen LogP contribution in [0.1, 0.15) is 57.3 Å². The van der Waals surface area contributed by atoms with Crippen LogP contribution >= 0.6 is 0 Å². The summed E-state index contributed by atoms with van der Waals surface area (Å²) in [5.41, 5.74) is 1.01. The third-order valence-electron chi connectivity index (χ3n) is 5.02. The standard InChI is InChI=1S/C23H25FN2O4/c1-3-4-13-26-22(28)19-11-6-16(15-20(19)23(26)29)21(27)25(2)12-5-14-30-18-9-7-17(24)8-10-18/h6-11,15H,3-5,12-14H2,1-2H3. The zero-order valence-corrected chi connectivity index (χ0v) is 17.2. The monoisotopic (exact) mass is 412 g/mol. The number of fused-ring (bicyclic) bond motifs is 1. The molecule has 0 saturated heterocycles. The summed E-state index contributed by atoms with van der Waals surface area (Å²) in [6, 6.07) is 10.4. The quantitative estimate of drug-likeness (QED) is 0.465. The molecule has 0 aliphatic carbocycles. The summed E-state index contributed by atoms with van der Waals surface area (Å²) in [7, 11) is 1.67. The third-order valence-corrected chi connectivity index (χ3v) is 5.02. The Morgan fingerprint density at radius 2 is 1.73 bits per heavy atom. The maximum absolute atomic E-state index is 12.9. The molecule has 0 aromatic heterocycles. The van der Waals surface area contributed by atoms with E-state index in [-0.39, 0.29) is 29.1 Å². The number of nitrogens with zero attached hydrogens (tertiary/aromatic N) is 2. The van der Waals surface area contributed by atoms with Crippen molar-refractivity contribution in [3.8, 4) is 5.75 Å². The van der Waals surface area contributed by atoms with E-state index >= 15 is 0 Å². The lowest BCUT2D eigenvalue weighted by atomic mass is 10.0. The van der Waals surface area contributed by atoms with Gasteiger partial charge in [0.2, 0.25) is 0 Å². The van der Waals surface area contributed by atoms with Gasteiger partial charge in [0.15, 0.2) is 0 Å². The molecule has 7 heteroatoms. The van der Waals surface area contributed by atoms with Gasteiger partial charge < -0.3 is 9.64 Å². The summed E-state index contributed by atoms with van der Waals surface area (Å²) in [4.78, 5) is 40.5. The highest BCUT2D eigenvalue weighted by atomic mass is 19.1. The summed E-state index contributed by atoms with van der Waals surface area (Å²) < 4.78 is 18.4. The number of rotatable bonds is 9. The lowest BCUT2D eigenvalue weighted by Gasteiger charge is -2.17. The van der Waals surface area contributed by atoms with Crippen molar-refractivity contribution in [2.24, 2.45) is 0 Å². The van der Waals surface area contributed by atoms with E-state index in [1.165, 1.54) is 23.1 Å². The number of hydrogen-bond acceptors (Lipinski definition) is 4. The Labute approximate surface area is 175 Å². The van der Waals surface area contributed by atoms with Crippen molar-refractivity contribution in [3.05, 3.63) is 65.0 Å². The molecule has 1 aliphatic rings. The van der Waals surface area contributed by atoms with E-state index in [1.807, 2.05) is 6.92 Å². The molecule has 0 unspecified atom stereocenters. The number of hydrogen-bond donors (Lipinski definition) is 0. The SMILES string of the molecule is CCCCN1C(=O)c2ccc(C(=O)N(C)CCCOc3ccc(F)cc3)cc2C1=O. The van der Waals surface area contributed by atoms with Crippen LogP contribution in [0.3, 0.4) is 0 Å². The molecular formula is C23H25FN2O4. The third kappa shape index (κ3) is 4.67. The molecule has 6 nitrogen and oxygen atoms in total. The first-order valence-electron chi connectivity index (χ1n) is 10.1. The van der Waals surface area contributed by atoms with E-state index in [2.05, 4.69) is 0 Å². The van der Waals surface area contributed by atoms with Crippen molar-refractivity contribution in [1.82, 2.24) is 9.80 Å². The number of imide groups is 1.